The lowest BCUT2D eigenvalue weighted by molar-refractivity contribution is 0.467. The summed E-state index contributed by atoms with van der Waals surface area (Å²) < 4.78 is 10.9. The normalized spacial score (nSPS) is 13.0. The third-order valence-electron chi connectivity index (χ3n) is 3.15. The van der Waals surface area contributed by atoms with Gasteiger partial charge in [0.25, 0.3) is 0 Å². The van der Waals surface area contributed by atoms with Gasteiger partial charge in [0.15, 0.2) is 0 Å². The van der Waals surface area contributed by atoms with Crippen LogP contribution in [0.4, 0.5) is 0 Å². The van der Waals surface area contributed by atoms with Gasteiger partial charge in [0.05, 0.1) is 6.26 Å². The summed E-state index contributed by atoms with van der Waals surface area (Å²) in [6.45, 7) is 1.94. The summed E-state index contributed by atoms with van der Waals surface area (Å²) in [5.74, 6) is 1.83. The molecule has 3 heteroatoms. The maximum absolute atomic E-state index is 6.26. The van der Waals surface area contributed by atoms with E-state index in [-0.39, 0.29) is 6.04 Å². The third kappa shape index (κ3) is 1.93. The molecule has 3 nitrogen and oxygen atoms in total. The van der Waals surface area contributed by atoms with E-state index in [2.05, 4.69) is 0 Å². The molecule has 2 aromatic heterocycles. The molecule has 0 amide bonds. The summed E-state index contributed by atoms with van der Waals surface area (Å²) in [7, 11) is 0. The van der Waals surface area contributed by atoms with Crippen LogP contribution in [0.1, 0.15) is 23.1 Å². The summed E-state index contributed by atoms with van der Waals surface area (Å²) >= 11 is 0. The van der Waals surface area contributed by atoms with Crippen molar-refractivity contribution >= 4 is 11.0 Å². The number of nitrogens with two attached hydrogens (primary N) is 1. The van der Waals surface area contributed by atoms with Crippen LogP contribution in [0.5, 0.6) is 0 Å². The molecule has 2 heterocycles. The number of hydrogen-bond donors (Lipinski definition) is 1. The van der Waals surface area contributed by atoms with Gasteiger partial charge in [-0.3, -0.25) is 0 Å². The largest absolute Gasteiger partial charge is 0.466 e. The van der Waals surface area contributed by atoms with Gasteiger partial charge in [-0.2, -0.15) is 0 Å². The van der Waals surface area contributed by atoms with Crippen molar-refractivity contribution in [1.82, 2.24) is 0 Å². The average Bonchev–Trinajstić information content (AvgIpc) is 2.97. The maximum atomic E-state index is 6.26. The van der Waals surface area contributed by atoms with Crippen LogP contribution in [-0.2, 0) is 6.42 Å². The molecule has 1 atom stereocenters. The molecule has 0 saturated carbocycles. The zero-order valence-corrected chi connectivity index (χ0v) is 10.2. The van der Waals surface area contributed by atoms with Crippen molar-refractivity contribution in [3.63, 3.8) is 0 Å². The fourth-order valence-electron chi connectivity index (χ4n) is 2.26. The molecule has 0 spiro atoms. The van der Waals surface area contributed by atoms with Crippen molar-refractivity contribution in [3.05, 3.63) is 59.7 Å². The molecular formula is C15H15NO2. The van der Waals surface area contributed by atoms with Gasteiger partial charge in [-0.15, -0.1) is 0 Å². The van der Waals surface area contributed by atoms with Crippen molar-refractivity contribution in [3.8, 4) is 0 Å². The molecule has 3 aromatic rings. The molecule has 0 aliphatic heterocycles. The van der Waals surface area contributed by atoms with E-state index in [0.717, 1.165) is 28.1 Å². The monoisotopic (exact) mass is 241 g/mol. The molecule has 0 aliphatic rings. The van der Waals surface area contributed by atoms with E-state index in [1.165, 1.54) is 0 Å². The van der Waals surface area contributed by atoms with Gasteiger partial charge in [-0.05, 0) is 36.8 Å². The first kappa shape index (κ1) is 11.1. The second-order valence-electron chi connectivity index (χ2n) is 4.50. The molecule has 1 unspecified atom stereocenters. The minimum Gasteiger partial charge on any atom is -0.466 e. The topological polar surface area (TPSA) is 52.3 Å². The highest BCUT2D eigenvalue weighted by Crippen LogP contribution is 2.26. The summed E-state index contributed by atoms with van der Waals surface area (Å²) in [5.41, 5.74) is 8.23. The van der Waals surface area contributed by atoms with E-state index >= 15 is 0 Å². The highest BCUT2D eigenvalue weighted by atomic mass is 16.3. The Balaban J connectivity index is 1.92. The molecule has 18 heavy (non-hydrogen) atoms. The predicted octanol–water partition coefficient (Wildman–Crippen LogP) is 3.58. The van der Waals surface area contributed by atoms with Crippen LogP contribution < -0.4 is 5.73 Å². The van der Waals surface area contributed by atoms with Gasteiger partial charge >= 0.3 is 0 Å². The van der Waals surface area contributed by atoms with Crippen molar-refractivity contribution in [1.29, 1.82) is 0 Å². The number of furan rings is 2. The van der Waals surface area contributed by atoms with Gasteiger partial charge in [-0.25, -0.2) is 0 Å². The van der Waals surface area contributed by atoms with E-state index in [1.54, 1.807) is 6.26 Å². The van der Waals surface area contributed by atoms with E-state index < -0.39 is 0 Å². The van der Waals surface area contributed by atoms with Crippen LogP contribution in [0.15, 0.2) is 51.5 Å². The minimum atomic E-state index is -0.0863. The zero-order valence-electron chi connectivity index (χ0n) is 10.2. The highest BCUT2D eigenvalue weighted by Gasteiger charge is 2.13. The molecule has 2 N–H and O–H groups in total. The summed E-state index contributed by atoms with van der Waals surface area (Å²) in [6.07, 6.45) is 2.38. The van der Waals surface area contributed by atoms with Crippen molar-refractivity contribution in [2.24, 2.45) is 5.73 Å². The van der Waals surface area contributed by atoms with Crippen LogP contribution in [0.2, 0.25) is 0 Å². The van der Waals surface area contributed by atoms with Gasteiger partial charge in [0, 0.05) is 17.8 Å². The Morgan fingerprint density at radius 3 is 2.83 bits per heavy atom. The Morgan fingerprint density at radius 1 is 1.17 bits per heavy atom. The smallest absolute Gasteiger partial charge is 0.134 e. The predicted molar refractivity (Wildman–Crippen MR) is 70.3 cm³/mol. The number of hydrogen-bond acceptors (Lipinski definition) is 3. The first-order valence-electron chi connectivity index (χ1n) is 6.01. The van der Waals surface area contributed by atoms with Crippen LogP contribution in [0.3, 0.4) is 0 Å². The quantitative estimate of drug-likeness (QED) is 0.762. The molecule has 0 fully saturated rings. The van der Waals surface area contributed by atoms with Crippen molar-refractivity contribution in [2.75, 3.05) is 0 Å². The number of rotatable bonds is 3. The average molecular weight is 241 g/mol. The Bertz CT molecular complexity index is 666. The summed E-state index contributed by atoms with van der Waals surface area (Å²) in [4.78, 5) is 0. The lowest BCUT2D eigenvalue weighted by Crippen LogP contribution is -2.13. The Kier molecular flexibility index (Phi) is 2.68. The van der Waals surface area contributed by atoms with Crippen LogP contribution in [-0.4, -0.2) is 0 Å². The summed E-state index contributed by atoms with van der Waals surface area (Å²) in [5, 5.41) is 1.08. The molecule has 0 bridgehead atoms. The first-order valence-corrected chi connectivity index (χ1v) is 6.01. The van der Waals surface area contributed by atoms with Crippen LogP contribution in [0, 0.1) is 6.92 Å². The van der Waals surface area contributed by atoms with E-state index in [0.29, 0.717) is 6.42 Å². The second kappa shape index (κ2) is 4.35. The van der Waals surface area contributed by atoms with Gasteiger partial charge in [-0.1, -0.05) is 12.1 Å². The molecule has 0 aliphatic carbocycles. The fourth-order valence-corrected chi connectivity index (χ4v) is 2.26. The van der Waals surface area contributed by atoms with Gasteiger partial charge in [0.1, 0.15) is 17.1 Å². The first-order chi connectivity index (χ1) is 8.74. The minimum absolute atomic E-state index is 0.0863. The number of fused-ring (bicyclic) bond motifs is 1. The van der Waals surface area contributed by atoms with Gasteiger partial charge < -0.3 is 14.6 Å². The molecule has 92 valence electrons. The molecule has 1 aromatic carbocycles. The zero-order chi connectivity index (χ0) is 12.5. The van der Waals surface area contributed by atoms with Crippen LogP contribution >= 0.6 is 0 Å². The standard InChI is InChI=1S/C15H15NO2/c1-10-5-6-11(18-10)9-14(16)12-3-2-4-15-13(12)7-8-17-15/h2-8,14H,9,16H2,1H3. The Hall–Kier alpha value is -2.00. The number of benzene rings is 1. The second-order valence-corrected chi connectivity index (χ2v) is 4.50. The van der Waals surface area contributed by atoms with Crippen LogP contribution in [0.25, 0.3) is 11.0 Å². The van der Waals surface area contributed by atoms with Crippen molar-refractivity contribution < 1.29 is 8.83 Å². The third-order valence-corrected chi connectivity index (χ3v) is 3.15. The highest BCUT2D eigenvalue weighted by molar-refractivity contribution is 5.81. The lowest BCUT2D eigenvalue weighted by Gasteiger charge is -2.11. The van der Waals surface area contributed by atoms with Crippen molar-refractivity contribution in [2.45, 2.75) is 19.4 Å². The fraction of sp³-hybridized carbons (Fsp3) is 0.200. The van der Waals surface area contributed by atoms with E-state index in [4.69, 9.17) is 14.6 Å². The molecular weight excluding hydrogens is 226 g/mol. The van der Waals surface area contributed by atoms with E-state index in [1.807, 2.05) is 43.3 Å². The van der Waals surface area contributed by atoms with E-state index in [9.17, 15) is 0 Å². The number of aryl methyl sites for hydroxylation is 1. The lowest BCUT2D eigenvalue weighted by atomic mass is 10.00. The SMILES string of the molecule is Cc1ccc(CC(N)c2cccc3occc23)o1. The molecule has 0 radical (unpaired) electrons. The Morgan fingerprint density at radius 2 is 2.06 bits per heavy atom. The van der Waals surface area contributed by atoms with Gasteiger partial charge in [0.2, 0.25) is 0 Å². The summed E-state index contributed by atoms with van der Waals surface area (Å²) in [6, 6.07) is 11.8. The molecule has 0 saturated heterocycles. The maximum Gasteiger partial charge on any atom is 0.134 e. The Labute approximate surface area is 105 Å². The molecule has 3 rings (SSSR count).